The maximum absolute atomic E-state index is 12.6. The number of carboxylic acids is 1. The Bertz CT molecular complexity index is 350. The fraction of sp³-hybridized carbons (Fsp3) is 0.867. The van der Waals surface area contributed by atoms with Crippen LogP contribution in [0, 0.1) is 0 Å². The molecule has 1 fully saturated rings. The number of amides is 2. The van der Waals surface area contributed by atoms with E-state index in [1.54, 1.807) is 13.8 Å². The molecule has 1 aliphatic heterocycles. The van der Waals surface area contributed by atoms with E-state index in [0.717, 1.165) is 32.4 Å². The quantitative estimate of drug-likeness (QED) is 0.669. The molecule has 0 bridgehead atoms. The molecule has 0 aromatic heterocycles. The first kappa shape index (κ1) is 17.8. The summed E-state index contributed by atoms with van der Waals surface area (Å²) >= 11 is 0. The van der Waals surface area contributed by atoms with Crippen LogP contribution in [0.25, 0.3) is 0 Å². The van der Waals surface area contributed by atoms with Crippen LogP contribution in [0.3, 0.4) is 0 Å². The summed E-state index contributed by atoms with van der Waals surface area (Å²) in [6, 6.07) is -0.0405. The van der Waals surface area contributed by atoms with Gasteiger partial charge in [0.15, 0.2) is 0 Å². The second-order valence-corrected chi connectivity index (χ2v) is 5.70. The van der Waals surface area contributed by atoms with Crippen LogP contribution >= 0.6 is 0 Å². The Morgan fingerprint density at radius 1 is 1.24 bits per heavy atom. The van der Waals surface area contributed by atoms with Crippen molar-refractivity contribution in [3.63, 3.8) is 0 Å². The average molecular weight is 299 g/mol. The van der Waals surface area contributed by atoms with E-state index < -0.39 is 11.5 Å². The first-order valence-electron chi connectivity index (χ1n) is 8.03. The number of carbonyl (C=O) groups excluding carboxylic acids is 1. The fourth-order valence-electron chi connectivity index (χ4n) is 2.87. The summed E-state index contributed by atoms with van der Waals surface area (Å²) in [5, 5.41) is 15.5. The summed E-state index contributed by atoms with van der Waals surface area (Å²) in [5.74, 6) is -0.956. The molecular weight excluding hydrogens is 270 g/mol. The van der Waals surface area contributed by atoms with Crippen LogP contribution < -0.4 is 10.6 Å². The van der Waals surface area contributed by atoms with Crippen molar-refractivity contribution in [1.29, 1.82) is 0 Å². The maximum atomic E-state index is 12.6. The van der Waals surface area contributed by atoms with E-state index in [9.17, 15) is 14.7 Å². The summed E-state index contributed by atoms with van der Waals surface area (Å²) in [4.78, 5) is 26.0. The third kappa shape index (κ3) is 4.33. The third-order valence-electron chi connectivity index (χ3n) is 4.44. The summed E-state index contributed by atoms with van der Waals surface area (Å²) < 4.78 is 0. The minimum Gasteiger partial charge on any atom is -0.480 e. The number of aliphatic carboxylic acids is 1. The molecule has 0 unspecified atom stereocenters. The third-order valence-corrected chi connectivity index (χ3v) is 4.44. The average Bonchev–Trinajstić information content (AvgIpc) is 2.50. The van der Waals surface area contributed by atoms with Crippen molar-refractivity contribution >= 4 is 12.0 Å². The van der Waals surface area contributed by atoms with E-state index in [2.05, 4.69) is 10.6 Å². The Morgan fingerprint density at radius 3 is 2.24 bits per heavy atom. The predicted molar refractivity (Wildman–Crippen MR) is 82.4 cm³/mol. The van der Waals surface area contributed by atoms with E-state index >= 15 is 0 Å². The standard InChI is InChI=1S/C15H29N3O3/c1-4-11-18(12-7-9-16-10-8-12)14(21)17-15(5-2,6-3)13(19)20/h12,16H,4-11H2,1-3H3,(H,17,21)(H,19,20). The van der Waals surface area contributed by atoms with Crippen molar-refractivity contribution < 1.29 is 14.7 Å². The Hall–Kier alpha value is -1.30. The normalized spacial score (nSPS) is 16.5. The second kappa shape index (κ2) is 8.22. The first-order chi connectivity index (χ1) is 10.0. The molecule has 0 aromatic carbocycles. The molecule has 1 rings (SSSR count). The molecule has 1 heterocycles. The van der Waals surface area contributed by atoms with Gasteiger partial charge in [-0.2, -0.15) is 0 Å². The van der Waals surface area contributed by atoms with E-state index in [1.165, 1.54) is 0 Å². The molecule has 3 N–H and O–H groups in total. The van der Waals surface area contributed by atoms with Gasteiger partial charge in [-0.3, -0.25) is 0 Å². The number of rotatable bonds is 7. The van der Waals surface area contributed by atoms with Crippen LogP contribution in [0.15, 0.2) is 0 Å². The fourth-order valence-corrected chi connectivity index (χ4v) is 2.87. The van der Waals surface area contributed by atoms with Gasteiger partial charge >= 0.3 is 12.0 Å². The van der Waals surface area contributed by atoms with Crippen LogP contribution in [-0.2, 0) is 4.79 Å². The predicted octanol–water partition coefficient (Wildman–Crippen LogP) is 1.80. The minimum atomic E-state index is -1.16. The van der Waals surface area contributed by atoms with Crippen molar-refractivity contribution in [3.8, 4) is 0 Å². The van der Waals surface area contributed by atoms with E-state index in [0.29, 0.717) is 19.4 Å². The highest BCUT2D eigenvalue weighted by atomic mass is 16.4. The van der Waals surface area contributed by atoms with Gasteiger partial charge in [-0.1, -0.05) is 20.8 Å². The molecule has 0 aliphatic carbocycles. The van der Waals surface area contributed by atoms with Crippen LogP contribution in [-0.4, -0.2) is 53.2 Å². The number of hydrogen-bond donors (Lipinski definition) is 3. The molecule has 0 radical (unpaired) electrons. The lowest BCUT2D eigenvalue weighted by atomic mass is 9.93. The molecular formula is C15H29N3O3. The van der Waals surface area contributed by atoms with E-state index in [4.69, 9.17) is 0 Å². The first-order valence-corrected chi connectivity index (χ1v) is 8.03. The highest BCUT2D eigenvalue weighted by Crippen LogP contribution is 2.18. The topological polar surface area (TPSA) is 81.7 Å². The number of urea groups is 1. The van der Waals surface area contributed by atoms with Crippen molar-refractivity contribution in [2.45, 2.75) is 64.5 Å². The van der Waals surface area contributed by atoms with Crippen LogP contribution in [0.1, 0.15) is 52.9 Å². The molecule has 1 aliphatic rings. The van der Waals surface area contributed by atoms with Gasteiger partial charge in [-0.05, 0) is 45.2 Å². The number of hydrogen-bond acceptors (Lipinski definition) is 3. The SMILES string of the molecule is CCCN(C(=O)NC(CC)(CC)C(=O)O)C1CCNCC1. The van der Waals surface area contributed by atoms with Gasteiger partial charge in [-0.25, -0.2) is 9.59 Å². The van der Waals surface area contributed by atoms with E-state index in [1.807, 2.05) is 11.8 Å². The molecule has 6 nitrogen and oxygen atoms in total. The largest absolute Gasteiger partial charge is 0.480 e. The van der Waals surface area contributed by atoms with Gasteiger partial charge in [0.25, 0.3) is 0 Å². The van der Waals surface area contributed by atoms with Crippen molar-refractivity contribution in [3.05, 3.63) is 0 Å². The smallest absolute Gasteiger partial charge is 0.329 e. The molecule has 21 heavy (non-hydrogen) atoms. The van der Waals surface area contributed by atoms with Gasteiger partial charge < -0.3 is 20.6 Å². The van der Waals surface area contributed by atoms with Crippen molar-refractivity contribution in [2.24, 2.45) is 0 Å². The van der Waals surface area contributed by atoms with Crippen molar-refractivity contribution in [1.82, 2.24) is 15.5 Å². The zero-order chi connectivity index (χ0) is 15.9. The molecule has 0 saturated carbocycles. The monoisotopic (exact) mass is 299 g/mol. The Labute approximate surface area is 127 Å². The van der Waals surface area contributed by atoms with Gasteiger partial charge in [0.05, 0.1) is 0 Å². The Morgan fingerprint density at radius 2 is 1.81 bits per heavy atom. The maximum Gasteiger partial charge on any atom is 0.329 e. The number of piperidine rings is 1. The molecule has 0 aromatic rings. The molecule has 6 heteroatoms. The van der Waals surface area contributed by atoms with Crippen molar-refractivity contribution in [2.75, 3.05) is 19.6 Å². The lowest BCUT2D eigenvalue weighted by Crippen LogP contribution is -2.59. The molecule has 1 saturated heterocycles. The van der Waals surface area contributed by atoms with Crippen LogP contribution in [0.4, 0.5) is 4.79 Å². The lowest BCUT2D eigenvalue weighted by Gasteiger charge is -2.37. The lowest BCUT2D eigenvalue weighted by molar-refractivity contribution is -0.144. The summed E-state index contributed by atoms with van der Waals surface area (Å²) in [5.41, 5.74) is -1.16. The van der Waals surface area contributed by atoms with Gasteiger partial charge in [-0.15, -0.1) is 0 Å². The van der Waals surface area contributed by atoms with Crippen LogP contribution in [0.5, 0.6) is 0 Å². The Kier molecular flexibility index (Phi) is 6.95. The zero-order valence-electron chi connectivity index (χ0n) is 13.4. The molecule has 0 spiro atoms. The van der Waals surface area contributed by atoms with Gasteiger partial charge in [0.2, 0.25) is 0 Å². The highest BCUT2D eigenvalue weighted by molar-refractivity contribution is 5.86. The Balaban J connectivity index is 2.82. The number of nitrogens with zero attached hydrogens (tertiary/aromatic N) is 1. The number of carbonyl (C=O) groups is 2. The summed E-state index contributed by atoms with van der Waals surface area (Å²) in [6.07, 6.45) is 3.49. The highest BCUT2D eigenvalue weighted by Gasteiger charge is 2.38. The zero-order valence-corrected chi connectivity index (χ0v) is 13.4. The number of nitrogens with one attached hydrogen (secondary N) is 2. The molecule has 122 valence electrons. The van der Waals surface area contributed by atoms with Crippen LogP contribution in [0.2, 0.25) is 0 Å². The number of carboxylic acid groups (broad SMARTS) is 1. The molecule has 2 amide bonds. The second-order valence-electron chi connectivity index (χ2n) is 5.70. The van der Waals surface area contributed by atoms with Gasteiger partial charge in [0.1, 0.15) is 5.54 Å². The van der Waals surface area contributed by atoms with Gasteiger partial charge in [0, 0.05) is 12.6 Å². The molecule has 0 atom stereocenters. The minimum absolute atomic E-state index is 0.200. The summed E-state index contributed by atoms with van der Waals surface area (Å²) in [6.45, 7) is 8.11. The van der Waals surface area contributed by atoms with E-state index in [-0.39, 0.29) is 12.1 Å². The summed E-state index contributed by atoms with van der Waals surface area (Å²) in [7, 11) is 0.